The molecule has 0 atom stereocenters. The molecule has 1 aliphatic rings. The van der Waals surface area contributed by atoms with Gasteiger partial charge in [-0.05, 0) is 56.8 Å². The first-order chi connectivity index (χ1) is 13.5. The summed E-state index contributed by atoms with van der Waals surface area (Å²) in [4.78, 5) is 21.0. The molecule has 1 saturated heterocycles. The molecule has 0 spiro atoms. The van der Waals surface area contributed by atoms with Crippen LogP contribution in [0.1, 0.15) is 49.0 Å². The Morgan fingerprint density at radius 2 is 1.97 bits per heavy atom. The molecule has 164 valence electrons. The molecule has 1 amide bonds. The number of benzene rings is 1. The summed E-state index contributed by atoms with van der Waals surface area (Å²) < 4.78 is 0. The van der Waals surface area contributed by atoms with E-state index in [2.05, 4.69) is 35.4 Å². The predicted molar refractivity (Wildman–Crippen MR) is 132 cm³/mol. The number of nitrogens with one attached hydrogen (secondary N) is 2. The van der Waals surface area contributed by atoms with Crippen molar-refractivity contribution in [2.24, 2.45) is 4.99 Å². The van der Waals surface area contributed by atoms with Gasteiger partial charge in [-0.1, -0.05) is 19.1 Å². The molecule has 0 unspecified atom stereocenters. The van der Waals surface area contributed by atoms with Gasteiger partial charge in [-0.2, -0.15) is 0 Å². The summed E-state index contributed by atoms with van der Waals surface area (Å²) in [5, 5.41) is 6.96. The number of carbonyl (C=O) groups excluding carboxylic acids is 1. The molecule has 1 aliphatic heterocycles. The number of guanidine groups is 1. The van der Waals surface area contributed by atoms with Crippen molar-refractivity contribution in [1.29, 1.82) is 0 Å². The van der Waals surface area contributed by atoms with Gasteiger partial charge in [0.1, 0.15) is 0 Å². The highest BCUT2D eigenvalue weighted by Gasteiger charge is 2.19. The molecule has 1 aromatic rings. The van der Waals surface area contributed by atoms with Gasteiger partial charge in [0.2, 0.25) is 0 Å². The Kier molecular flexibility index (Phi) is 12.2. The van der Waals surface area contributed by atoms with Gasteiger partial charge in [0.05, 0.1) is 0 Å². The van der Waals surface area contributed by atoms with Crippen LogP contribution in [0.25, 0.3) is 0 Å². The highest BCUT2D eigenvalue weighted by molar-refractivity contribution is 14.0. The van der Waals surface area contributed by atoms with Gasteiger partial charge in [-0.3, -0.25) is 9.79 Å². The van der Waals surface area contributed by atoms with Crippen molar-refractivity contribution in [3.05, 3.63) is 35.4 Å². The highest BCUT2D eigenvalue weighted by atomic mass is 127. The molecule has 0 radical (unpaired) electrons. The summed E-state index contributed by atoms with van der Waals surface area (Å²) in [6.45, 7) is 9.42. The molecule has 0 bridgehead atoms. The second-order valence-corrected chi connectivity index (χ2v) is 7.67. The van der Waals surface area contributed by atoms with Crippen LogP contribution in [0, 0.1) is 0 Å². The van der Waals surface area contributed by atoms with Gasteiger partial charge in [-0.25, -0.2) is 0 Å². The summed E-state index contributed by atoms with van der Waals surface area (Å²) in [5.74, 6) is 0.937. The van der Waals surface area contributed by atoms with Gasteiger partial charge in [-0.15, -0.1) is 24.0 Å². The van der Waals surface area contributed by atoms with Gasteiger partial charge in [0, 0.05) is 51.9 Å². The zero-order valence-corrected chi connectivity index (χ0v) is 20.7. The zero-order chi connectivity index (χ0) is 20.4. The van der Waals surface area contributed by atoms with E-state index < -0.39 is 0 Å². The number of aliphatic imine (C=N–C) groups is 1. The maximum absolute atomic E-state index is 12.1. The van der Waals surface area contributed by atoms with E-state index in [0.717, 1.165) is 43.1 Å². The number of piperidine rings is 1. The topological polar surface area (TPSA) is 60.0 Å². The van der Waals surface area contributed by atoms with Crippen LogP contribution in [0.15, 0.2) is 29.3 Å². The number of nitrogens with zero attached hydrogens (tertiary/aromatic N) is 3. The van der Waals surface area contributed by atoms with Gasteiger partial charge in [0.15, 0.2) is 5.96 Å². The third-order valence-corrected chi connectivity index (χ3v) is 5.06. The average Bonchev–Trinajstić information content (AvgIpc) is 2.69. The van der Waals surface area contributed by atoms with Crippen LogP contribution in [-0.4, -0.2) is 74.5 Å². The van der Waals surface area contributed by atoms with Crippen molar-refractivity contribution in [1.82, 2.24) is 20.4 Å². The van der Waals surface area contributed by atoms with Crippen molar-refractivity contribution in [3.63, 3.8) is 0 Å². The Bertz CT molecular complexity index is 642. The molecule has 0 aromatic heterocycles. The normalized spacial score (nSPS) is 15.5. The van der Waals surface area contributed by atoms with Crippen LogP contribution in [0.2, 0.25) is 0 Å². The number of carbonyl (C=O) groups is 1. The molecular formula is C22H38IN5O. The predicted octanol–water partition coefficient (Wildman–Crippen LogP) is 2.98. The van der Waals surface area contributed by atoms with Crippen molar-refractivity contribution in [2.45, 2.75) is 45.6 Å². The summed E-state index contributed by atoms with van der Waals surface area (Å²) in [6, 6.07) is 8.34. The fraction of sp³-hybridized carbons (Fsp3) is 0.636. The minimum atomic E-state index is 0. The molecule has 1 fully saturated rings. The Labute approximate surface area is 193 Å². The number of rotatable bonds is 8. The van der Waals surface area contributed by atoms with E-state index >= 15 is 0 Å². The first-order valence-electron chi connectivity index (χ1n) is 10.6. The summed E-state index contributed by atoms with van der Waals surface area (Å²) in [7, 11) is 3.56. The van der Waals surface area contributed by atoms with E-state index in [1.165, 1.54) is 25.8 Å². The number of hydrogen-bond acceptors (Lipinski definition) is 3. The van der Waals surface area contributed by atoms with Crippen molar-refractivity contribution < 1.29 is 4.79 Å². The molecule has 0 saturated carbocycles. The molecule has 29 heavy (non-hydrogen) atoms. The fourth-order valence-electron chi connectivity index (χ4n) is 3.55. The Balaban J connectivity index is 0.00000420. The average molecular weight is 515 g/mol. The molecule has 1 heterocycles. The highest BCUT2D eigenvalue weighted by Crippen LogP contribution is 2.11. The first-order valence-corrected chi connectivity index (χ1v) is 10.6. The van der Waals surface area contributed by atoms with E-state index in [1.807, 2.05) is 18.2 Å². The maximum atomic E-state index is 12.1. The van der Waals surface area contributed by atoms with Crippen LogP contribution in [-0.2, 0) is 6.42 Å². The number of amides is 1. The van der Waals surface area contributed by atoms with Crippen LogP contribution >= 0.6 is 24.0 Å². The molecular weight excluding hydrogens is 477 g/mol. The third kappa shape index (κ3) is 8.90. The number of halogens is 1. The minimum absolute atomic E-state index is 0. The van der Waals surface area contributed by atoms with Crippen LogP contribution in [0.3, 0.4) is 0 Å². The van der Waals surface area contributed by atoms with E-state index in [9.17, 15) is 4.79 Å². The van der Waals surface area contributed by atoms with Crippen molar-refractivity contribution >= 4 is 35.8 Å². The molecule has 1 aromatic carbocycles. The largest absolute Gasteiger partial charge is 0.357 e. The molecule has 2 N–H and O–H groups in total. The van der Waals surface area contributed by atoms with E-state index in [-0.39, 0.29) is 29.9 Å². The van der Waals surface area contributed by atoms with Crippen LogP contribution in [0.4, 0.5) is 0 Å². The lowest BCUT2D eigenvalue weighted by Crippen LogP contribution is -2.48. The van der Waals surface area contributed by atoms with Crippen molar-refractivity contribution in [2.75, 3.05) is 46.8 Å². The molecule has 7 heteroatoms. The second-order valence-electron chi connectivity index (χ2n) is 7.67. The van der Waals surface area contributed by atoms with Crippen LogP contribution in [0.5, 0.6) is 0 Å². The Hall–Kier alpha value is -1.35. The lowest BCUT2D eigenvalue weighted by atomic mass is 10.1. The molecule has 6 nitrogen and oxygen atoms in total. The summed E-state index contributed by atoms with van der Waals surface area (Å²) in [5.41, 5.74) is 1.87. The smallest absolute Gasteiger partial charge is 0.253 e. The van der Waals surface area contributed by atoms with Gasteiger partial charge >= 0.3 is 0 Å². The number of hydrogen-bond donors (Lipinski definition) is 2. The van der Waals surface area contributed by atoms with Gasteiger partial charge in [0.25, 0.3) is 5.91 Å². The zero-order valence-electron chi connectivity index (χ0n) is 18.4. The standard InChI is InChI=1S/C22H37N5O.HI/c1-5-14-27-15-11-20(12-16-27)25-22(23-6-2)24-13-10-18-8-7-9-19(17-18)21(28)26(3)4;/h7-9,17,20H,5-6,10-16H2,1-4H3,(H2,23,24,25);1H. The third-order valence-electron chi connectivity index (χ3n) is 5.06. The first kappa shape index (κ1) is 25.7. The van der Waals surface area contributed by atoms with Crippen LogP contribution < -0.4 is 10.6 Å². The Morgan fingerprint density at radius 3 is 2.59 bits per heavy atom. The number of likely N-dealkylation sites (tertiary alicyclic amines) is 1. The lowest BCUT2D eigenvalue weighted by molar-refractivity contribution is 0.0827. The maximum Gasteiger partial charge on any atom is 0.253 e. The second kappa shape index (κ2) is 13.8. The Morgan fingerprint density at radius 1 is 1.24 bits per heavy atom. The SMILES string of the molecule is CCCN1CCC(NC(=NCCc2cccc(C(=O)N(C)C)c2)NCC)CC1.I. The monoisotopic (exact) mass is 515 g/mol. The van der Waals surface area contributed by atoms with Crippen molar-refractivity contribution in [3.8, 4) is 0 Å². The summed E-state index contributed by atoms with van der Waals surface area (Å²) >= 11 is 0. The van der Waals surface area contributed by atoms with E-state index in [4.69, 9.17) is 4.99 Å². The van der Waals surface area contributed by atoms with E-state index in [0.29, 0.717) is 12.6 Å². The van der Waals surface area contributed by atoms with E-state index in [1.54, 1.807) is 19.0 Å². The summed E-state index contributed by atoms with van der Waals surface area (Å²) in [6.07, 6.45) is 4.38. The molecule has 0 aliphatic carbocycles. The fourth-order valence-corrected chi connectivity index (χ4v) is 3.55. The minimum Gasteiger partial charge on any atom is -0.357 e. The van der Waals surface area contributed by atoms with Gasteiger partial charge < -0.3 is 20.4 Å². The lowest BCUT2D eigenvalue weighted by Gasteiger charge is -2.32. The quantitative estimate of drug-likeness (QED) is 0.318. The molecule has 2 rings (SSSR count).